The molecule has 1 aromatic heterocycles. The topological polar surface area (TPSA) is 51.2 Å². The molecule has 0 radical (unpaired) electrons. The number of hydrogen-bond acceptors (Lipinski definition) is 3. The van der Waals surface area contributed by atoms with Crippen molar-refractivity contribution in [3.05, 3.63) is 65.0 Å². The summed E-state index contributed by atoms with van der Waals surface area (Å²) in [5.41, 5.74) is -2.19. The van der Waals surface area contributed by atoms with Gasteiger partial charge in [0.05, 0.1) is 28.0 Å². The smallest absolute Gasteiger partial charge is 0.267 e. The van der Waals surface area contributed by atoms with Crippen LogP contribution in [0.25, 0.3) is 0 Å². The van der Waals surface area contributed by atoms with Gasteiger partial charge in [0, 0.05) is 6.20 Å². The number of pyridine rings is 1. The van der Waals surface area contributed by atoms with E-state index in [1.165, 1.54) is 12.3 Å². The van der Waals surface area contributed by atoms with E-state index in [1.807, 2.05) is 0 Å². The summed E-state index contributed by atoms with van der Waals surface area (Å²) in [6.07, 6.45) is -1.76. The molecule has 0 saturated heterocycles. The van der Waals surface area contributed by atoms with Crippen molar-refractivity contribution >= 4 is 19.3 Å². The van der Waals surface area contributed by atoms with Gasteiger partial charge in [0.15, 0.2) is 25.5 Å². The molecular weight excluding hydrogens is 484 g/mol. The van der Waals surface area contributed by atoms with Crippen LogP contribution < -0.4 is 4.72 Å². The van der Waals surface area contributed by atoms with Crippen LogP contribution in [-0.2, 0) is 27.6 Å². The second-order valence-electron chi connectivity index (χ2n) is 10.8. The molecule has 0 aliphatic heterocycles. The lowest BCUT2D eigenvalue weighted by Crippen LogP contribution is -2.53. The molecule has 1 N–H and O–H groups in total. The minimum atomic E-state index is -3.18. The van der Waals surface area contributed by atoms with Gasteiger partial charge in [0.2, 0.25) is 0 Å². The van der Waals surface area contributed by atoms with Crippen LogP contribution in [0, 0.1) is 11.6 Å². The molecular formula is C24H34F4N2O2SSi. The first kappa shape index (κ1) is 28.6. The highest BCUT2D eigenvalue weighted by Gasteiger charge is 2.48. The summed E-state index contributed by atoms with van der Waals surface area (Å²) in [7, 11) is -4.02. The Bertz CT molecular complexity index is 1020. The van der Waals surface area contributed by atoms with Crippen molar-refractivity contribution in [2.45, 2.75) is 83.0 Å². The van der Waals surface area contributed by atoms with E-state index in [2.05, 4.69) is 43.6 Å². The van der Waals surface area contributed by atoms with Crippen LogP contribution in [0.5, 0.6) is 0 Å². The van der Waals surface area contributed by atoms with E-state index in [4.69, 9.17) is 4.43 Å². The van der Waals surface area contributed by atoms with Gasteiger partial charge in [-0.15, -0.1) is 0 Å². The summed E-state index contributed by atoms with van der Waals surface area (Å²) in [5.74, 6) is -2.46. The third-order valence-electron chi connectivity index (χ3n) is 6.15. The number of aromatic nitrogens is 1. The second-order valence-corrected chi connectivity index (χ2v) is 17.6. The highest BCUT2D eigenvalue weighted by molar-refractivity contribution is 7.84. The Morgan fingerprint density at radius 1 is 1.03 bits per heavy atom. The first-order chi connectivity index (χ1) is 15.4. The van der Waals surface area contributed by atoms with E-state index in [0.29, 0.717) is 11.6 Å². The van der Waals surface area contributed by atoms with Crippen molar-refractivity contribution in [3.8, 4) is 0 Å². The maximum atomic E-state index is 14.8. The Morgan fingerprint density at radius 2 is 1.65 bits per heavy atom. The summed E-state index contributed by atoms with van der Waals surface area (Å²) in [6, 6.07) is 5.49. The highest BCUT2D eigenvalue weighted by Crippen LogP contribution is 2.38. The molecule has 0 aliphatic rings. The predicted octanol–water partition coefficient (Wildman–Crippen LogP) is 6.44. The summed E-state index contributed by atoms with van der Waals surface area (Å²) < 4.78 is 77.9. The van der Waals surface area contributed by atoms with E-state index in [1.54, 1.807) is 26.8 Å². The molecule has 0 aliphatic carbocycles. The first-order valence-corrected chi connectivity index (χ1v) is 15.0. The molecule has 0 amide bonds. The molecule has 0 saturated carbocycles. The maximum Gasteiger partial charge on any atom is 0.267 e. The minimum Gasteiger partial charge on any atom is -0.413 e. The quantitative estimate of drug-likeness (QED) is 0.323. The van der Waals surface area contributed by atoms with Crippen molar-refractivity contribution in [1.29, 1.82) is 0 Å². The van der Waals surface area contributed by atoms with Crippen LogP contribution in [0.1, 0.15) is 58.4 Å². The zero-order valence-corrected chi connectivity index (χ0v) is 22.7. The summed E-state index contributed by atoms with van der Waals surface area (Å²) in [4.78, 5) is 4.24. The molecule has 190 valence electrons. The number of hydrogen-bond donors (Lipinski definition) is 1. The Morgan fingerprint density at radius 3 is 2.09 bits per heavy atom. The van der Waals surface area contributed by atoms with Crippen molar-refractivity contribution in [2.75, 3.05) is 0 Å². The number of alkyl halides is 2. The Balaban J connectivity index is 2.54. The highest BCUT2D eigenvalue weighted by atomic mass is 32.2. The largest absolute Gasteiger partial charge is 0.413 e. The Kier molecular flexibility index (Phi) is 8.55. The lowest BCUT2D eigenvalue weighted by molar-refractivity contribution is 0.0627. The van der Waals surface area contributed by atoms with Crippen LogP contribution in [-0.4, -0.2) is 28.7 Å². The van der Waals surface area contributed by atoms with Gasteiger partial charge in [-0.05, 0) is 68.2 Å². The zero-order valence-electron chi connectivity index (χ0n) is 20.9. The number of nitrogens with zero attached hydrogens (tertiary/aromatic N) is 1. The molecule has 1 aromatic carbocycles. The monoisotopic (exact) mass is 518 g/mol. The zero-order chi connectivity index (χ0) is 26.1. The number of benzene rings is 1. The molecule has 0 bridgehead atoms. The fourth-order valence-electron chi connectivity index (χ4n) is 2.81. The van der Waals surface area contributed by atoms with Gasteiger partial charge >= 0.3 is 0 Å². The summed E-state index contributed by atoms with van der Waals surface area (Å²) >= 11 is 0. The third-order valence-corrected chi connectivity index (χ3v) is 12.2. The van der Waals surface area contributed by atoms with E-state index in [-0.39, 0.29) is 22.9 Å². The van der Waals surface area contributed by atoms with E-state index in [9.17, 15) is 21.8 Å². The van der Waals surface area contributed by atoms with E-state index < -0.39 is 47.6 Å². The average molecular weight is 519 g/mol. The van der Waals surface area contributed by atoms with Gasteiger partial charge in [0.1, 0.15) is 0 Å². The van der Waals surface area contributed by atoms with Crippen LogP contribution in [0.3, 0.4) is 0 Å². The van der Waals surface area contributed by atoms with Gasteiger partial charge < -0.3 is 4.43 Å². The summed E-state index contributed by atoms with van der Waals surface area (Å²) in [6.45, 7) is 15.7. The van der Waals surface area contributed by atoms with Crippen molar-refractivity contribution in [2.24, 2.45) is 0 Å². The molecule has 4 nitrogen and oxygen atoms in total. The van der Waals surface area contributed by atoms with Crippen molar-refractivity contribution in [1.82, 2.24) is 9.71 Å². The standard InChI is InChI=1S/C24H34F4N2O2SSi/c1-22(2,3)33(31)30-24(21(27)28,17-10-11-18(25)19(26)13-17)20-12-9-16(14-29-20)15-32-34(7,8)23(4,5)6/h9-14,21,30H,15H2,1-8H3/t24-,33+/m1/s1. The molecule has 2 aromatic rings. The van der Waals surface area contributed by atoms with E-state index in [0.717, 1.165) is 12.1 Å². The molecule has 34 heavy (non-hydrogen) atoms. The van der Waals surface area contributed by atoms with Crippen molar-refractivity contribution in [3.63, 3.8) is 0 Å². The van der Waals surface area contributed by atoms with Gasteiger partial charge in [-0.3, -0.25) is 4.98 Å². The van der Waals surface area contributed by atoms with Gasteiger partial charge in [0.25, 0.3) is 6.43 Å². The normalized spacial score (nSPS) is 15.9. The van der Waals surface area contributed by atoms with Gasteiger partial charge in [-0.2, -0.15) is 0 Å². The molecule has 0 spiro atoms. The first-order valence-electron chi connectivity index (χ1n) is 10.9. The number of halogens is 4. The van der Waals surface area contributed by atoms with Crippen LogP contribution in [0.4, 0.5) is 17.6 Å². The second kappa shape index (κ2) is 10.2. The van der Waals surface area contributed by atoms with Crippen LogP contribution in [0.15, 0.2) is 36.5 Å². The Hall–Kier alpha value is -1.62. The molecule has 0 fully saturated rings. The van der Waals surface area contributed by atoms with Gasteiger partial charge in [-0.1, -0.05) is 32.9 Å². The fourth-order valence-corrected chi connectivity index (χ4v) is 4.68. The minimum absolute atomic E-state index is 0.00120. The van der Waals surface area contributed by atoms with Crippen LogP contribution in [0.2, 0.25) is 18.1 Å². The molecule has 10 heteroatoms. The van der Waals surface area contributed by atoms with E-state index >= 15 is 0 Å². The molecule has 2 atom stereocenters. The molecule has 1 heterocycles. The summed E-state index contributed by atoms with van der Waals surface area (Å²) in [5, 5.41) is -0.00120. The van der Waals surface area contributed by atoms with Crippen LogP contribution >= 0.6 is 0 Å². The number of nitrogens with one attached hydrogen (secondary N) is 1. The fraction of sp³-hybridized carbons (Fsp3) is 0.542. The number of rotatable bonds is 8. The van der Waals surface area contributed by atoms with Gasteiger partial charge in [-0.25, -0.2) is 26.5 Å². The predicted molar refractivity (Wildman–Crippen MR) is 130 cm³/mol. The molecule has 2 rings (SSSR count). The third kappa shape index (κ3) is 6.13. The lowest BCUT2D eigenvalue weighted by Gasteiger charge is -2.36. The average Bonchev–Trinajstić information content (AvgIpc) is 2.71. The lowest BCUT2D eigenvalue weighted by atomic mass is 9.87. The van der Waals surface area contributed by atoms with Crippen molar-refractivity contribution < 1.29 is 26.2 Å². The SMILES string of the molecule is CC(C)(C)[S@](=O)N[C@](c1ccc(F)c(F)c1)(c1ccc(CO[Si](C)(C)C(C)(C)C)cn1)C(F)F. The Labute approximate surface area is 203 Å². The molecule has 0 unspecified atom stereocenters. The maximum absolute atomic E-state index is 14.8.